The van der Waals surface area contributed by atoms with Crippen molar-refractivity contribution in [1.82, 2.24) is 0 Å². The Morgan fingerprint density at radius 1 is 1.36 bits per heavy atom. The van der Waals surface area contributed by atoms with Gasteiger partial charge in [-0.05, 0) is 17.7 Å². The molecule has 0 aliphatic rings. The van der Waals surface area contributed by atoms with Gasteiger partial charge in [0.2, 0.25) is 0 Å². The molecule has 3 heteroatoms. The van der Waals surface area contributed by atoms with Gasteiger partial charge in [-0.25, -0.2) is 0 Å². The van der Waals surface area contributed by atoms with E-state index in [0.717, 1.165) is 11.3 Å². The van der Waals surface area contributed by atoms with Crippen LogP contribution >= 0.6 is 15.9 Å². The Kier molecular flexibility index (Phi) is 2.91. The average molecular weight is 216 g/mol. The van der Waals surface area contributed by atoms with Crippen LogP contribution in [0.25, 0.3) is 0 Å². The van der Waals surface area contributed by atoms with Gasteiger partial charge in [-0.2, -0.15) is 0 Å². The third-order valence-electron chi connectivity index (χ3n) is 1.47. The van der Waals surface area contributed by atoms with Crippen LogP contribution in [0, 0.1) is 0 Å². The number of halogens is 1. The lowest BCUT2D eigenvalue weighted by molar-refractivity contribution is 0.205. The summed E-state index contributed by atoms with van der Waals surface area (Å²) in [6, 6.07) is 7.20. The molecule has 0 bridgehead atoms. The monoisotopic (exact) mass is 215 g/mol. The summed E-state index contributed by atoms with van der Waals surface area (Å²) < 4.78 is 0. The number of aliphatic hydroxyl groups excluding tert-OH is 1. The van der Waals surface area contributed by atoms with E-state index in [1.54, 1.807) is 12.1 Å². The quantitative estimate of drug-likeness (QED) is 0.583. The highest BCUT2D eigenvalue weighted by Crippen LogP contribution is 2.15. The largest absolute Gasteiger partial charge is 0.399 e. The second-order valence-electron chi connectivity index (χ2n) is 2.34. The smallest absolute Gasteiger partial charge is 0.0886 e. The van der Waals surface area contributed by atoms with Crippen molar-refractivity contribution in [2.45, 2.75) is 6.10 Å². The molecule has 1 atom stereocenters. The molecule has 0 saturated heterocycles. The molecule has 0 amide bonds. The molecule has 2 nitrogen and oxygen atoms in total. The van der Waals surface area contributed by atoms with E-state index in [4.69, 9.17) is 5.73 Å². The second kappa shape index (κ2) is 3.74. The van der Waals surface area contributed by atoms with E-state index in [9.17, 15) is 5.11 Å². The van der Waals surface area contributed by atoms with Crippen LogP contribution in [-0.2, 0) is 0 Å². The molecule has 0 aromatic heterocycles. The standard InChI is InChI=1S/C8H10BrNO/c9-5-8(11)6-1-3-7(10)4-2-6/h1-4,8,11H,5,10H2. The molecule has 0 fully saturated rings. The van der Waals surface area contributed by atoms with Crippen LogP contribution in [0.1, 0.15) is 11.7 Å². The zero-order valence-corrected chi connectivity index (χ0v) is 7.58. The van der Waals surface area contributed by atoms with E-state index in [1.807, 2.05) is 12.1 Å². The molecule has 1 rings (SSSR count). The molecule has 0 aliphatic carbocycles. The SMILES string of the molecule is Nc1ccc(C(O)CBr)cc1. The molecule has 0 saturated carbocycles. The average Bonchev–Trinajstić information content (AvgIpc) is 2.05. The molecule has 1 unspecified atom stereocenters. The summed E-state index contributed by atoms with van der Waals surface area (Å²) >= 11 is 3.19. The molecule has 0 spiro atoms. The molecule has 0 radical (unpaired) electrons. The number of hydrogen-bond acceptors (Lipinski definition) is 2. The molecule has 1 aromatic rings. The number of benzene rings is 1. The number of nitrogen functional groups attached to an aromatic ring is 1. The Bertz CT molecular complexity index is 222. The van der Waals surface area contributed by atoms with Crippen LogP contribution in [0.5, 0.6) is 0 Å². The summed E-state index contributed by atoms with van der Waals surface area (Å²) in [6.07, 6.45) is -0.435. The summed E-state index contributed by atoms with van der Waals surface area (Å²) in [5.41, 5.74) is 7.08. The van der Waals surface area contributed by atoms with Gasteiger partial charge >= 0.3 is 0 Å². The van der Waals surface area contributed by atoms with Gasteiger partial charge in [-0.3, -0.25) is 0 Å². The van der Waals surface area contributed by atoms with Crippen molar-refractivity contribution in [3.05, 3.63) is 29.8 Å². The van der Waals surface area contributed by atoms with Gasteiger partial charge in [0.1, 0.15) is 0 Å². The van der Waals surface area contributed by atoms with Gasteiger partial charge in [0, 0.05) is 11.0 Å². The minimum Gasteiger partial charge on any atom is -0.399 e. The van der Waals surface area contributed by atoms with E-state index >= 15 is 0 Å². The minimum atomic E-state index is -0.435. The molecule has 60 valence electrons. The second-order valence-corrected chi connectivity index (χ2v) is 2.98. The van der Waals surface area contributed by atoms with Crippen molar-refractivity contribution in [3.8, 4) is 0 Å². The number of anilines is 1. The number of aliphatic hydroxyl groups is 1. The van der Waals surface area contributed by atoms with Gasteiger partial charge in [-0.15, -0.1) is 0 Å². The lowest BCUT2D eigenvalue weighted by Gasteiger charge is -2.06. The highest BCUT2D eigenvalue weighted by Gasteiger charge is 2.03. The first kappa shape index (κ1) is 8.56. The molecular weight excluding hydrogens is 206 g/mol. The van der Waals surface area contributed by atoms with Crippen LogP contribution in [0.3, 0.4) is 0 Å². The zero-order chi connectivity index (χ0) is 8.27. The Balaban J connectivity index is 2.81. The first-order valence-corrected chi connectivity index (χ1v) is 4.45. The van der Waals surface area contributed by atoms with Gasteiger partial charge in [0.15, 0.2) is 0 Å². The maximum atomic E-state index is 9.33. The van der Waals surface area contributed by atoms with Crippen molar-refractivity contribution in [3.63, 3.8) is 0 Å². The summed E-state index contributed by atoms with van der Waals surface area (Å²) in [5, 5.41) is 9.88. The third-order valence-corrected chi connectivity index (χ3v) is 2.08. The van der Waals surface area contributed by atoms with Crippen LogP contribution in [0.15, 0.2) is 24.3 Å². The number of alkyl halides is 1. The van der Waals surface area contributed by atoms with Crippen molar-refractivity contribution >= 4 is 21.6 Å². The fourth-order valence-corrected chi connectivity index (χ4v) is 1.18. The van der Waals surface area contributed by atoms with Gasteiger partial charge < -0.3 is 10.8 Å². The lowest BCUT2D eigenvalue weighted by atomic mass is 10.1. The normalized spacial score (nSPS) is 12.9. The molecule has 1 aromatic carbocycles. The van der Waals surface area contributed by atoms with Crippen LogP contribution in [-0.4, -0.2) is 10.4 Å². The summed E-state index contributed by atoms with van der Waals surface area (Å²) in [4.78, 5) is 0. The highest BCUT2D eigenvalue weighted by molar-refractivity contribution is 9.09. The van der Waals surface area contributed by atoms with E-state index in [1.165, 1.54) is 0 Å². The summed E-state index contributed by atoms with van der Waals surface area (Å²) in [5.74, 6) is 0. The highest BCUT2D eigenvalue weighted by atomic mass is 79.9. The van der Waals surface area contributed by atoms with E-state index in [2.05, 4.69) is 15.9 Å². The van der Waals surface area contributed by atoms with E-state index in [-0.39, 0.29) is 0 Å². The maximum Gasteiger partial charge on any atom is 0.0886 e. The Labute approximate surface area is 74.2 Å². The van der Waals surface area contributed by atoms with E-state index < -0.39 is 6.10 Å². The minimum absolute atomic E-state index is 0.435. The van der Waals surface area contributed by atoms with Crippen molar-refractivity contribution < 1.29 is 5.11 Å². The van der Waals surface area contributed by atoms with Crippen molar-refractivity contribution in [1.29, 1.82) is 0 Å². The Hall–Kier alpha value is -0.540. The van der Waals surface area contributed by atoms with Crippen LogP contribution < -0.4 is 5.73 Å². The first-order chi connectivity index (χ1) is 5.24. The lowest BCUT2D eigenvalue weighted by Crippen LogP contribution is -1.97. The van der Waals surface area contributed by atoms with Crippen molar-refractivity contribution in [2.75, 3.05) is 11.1 Å². The predicted molar refractivity (Wildman–Crippen MR) is 49.6 cm³/mol. The molecule has 0 aliphatic heterocycles. The van der Waals surface area contributed by atoms with Crippen LogP contribution in [0.4, 0.5) is 5.69 Å². The fraction of sp³-hybridized carbons (Fsp3) is 0.250. The Morgan fingerprint density at radius 2 is 1.91 bits per heavy atom. The number of hydrogen-bond donors (Lipinski definition) is 2. The zero-order valence-electron chi connectivity index (χ0n) is 6.00. The van der Waals surface area contributed by atoms with Gasteiger partial charge in [0.05, 0.1) is 6.10 Å². The molecular formula is C8H10BrNO. The third kappa shape index (κ3) is 2.20. The predicted octanol–water partition coefficient (Wildman–Crippen LogP) is 1.70. The molecule has 3 N–H and O–H groups in total. The van der Waals surface area contributed by atoms with E-state index in [0.29, 0.717) is 5.33 Å². The molecule has 0 heterocycles. The van der Waals surface area contributed by atoms with Gasteiger partial charge in [-0.1, -0.05) is 28.1 Å². The Morgan fingerprint density at radius 3 is 2.36 bits per heavy atom. The number of rotatable bonds is 2. The maximum absolute atomic E-state index is 9.33. The topological polar surface area (TPSA) is 46.2 Å². The fourth-order valence-electron chi connectivity index (χ4n) is 0.807. The molecule has 11 heavy (non-hydrogen) atoms. The van der Waals surface area contributed by atoms with Crippen molar-refractivity contribution in [2.24, 2.45) is 0 Å². The summed E-state index contributed by atoms with van der Waals surface area (Å²) in [6.45, 7) is 0. The van der Waals surface area contributed by atoms with Gasteiger partial charge in [0.25, 0.3) is 0 Å². The van der Waals surface area contributed by atoms with Crippen LogP contribution in [0.2, 0.25) is 0 Å². The summed E-state index contributed by atoms with van der Waals surface area (Å²) in [7, 11) is 0. The first-order valence-electron chi connectivity index (χ1n) is 3.33. The number of nitrogens with two attached hydrogens (primary N) is 1.